The minimum Gasteiger partial charge on any atom is -0.349 e. The average molecular weight is 191 g/mol. The Bertz CT molecular complexity index is 280. The Labute approximate surface area is 85.1 Å². The van der Waals surface area contributed by atoms with Gasteiger partial charge in [-0.1, -0.05) is 17.7 Å². The van der Waals surface area contributed by atoms with E-state index in [1.54, 1.807) is 0 Å². The van der Waals surface area contributed by atoms with E-state index in [1.165, 1.54) is 18.4 Å². The van der Waals surface area contributed by atoms with Crippen molar-refractivity contribution in [2.24, 2.45) is 5.92 Å². The highest BCUT2D eigenvalue weighted by Gasteiger charge is 2.37. The van der Waals surface area contributed by atoms with Gasteiger partial charge in [0.15, 0.2) is 0 Å². The Morgan fingerprint density at radius 2 is 2.43 bits per heavy atom. The molecule has 1 fully saturated rings. The molecule has 2 aliphatic rings. The molecule has 0 aromatic rings. The van der Waals surface area contributed by atoms with Crippen LogP contribution in [0.2, 0.25) is 0 Å². The lowest BCUT2D eigenvalue weighted by Gasteiger charge is -2.14. The predicted molar refractivity (Wildman–Crippen MR) is 56.8 cm³/mol. The fourth-order valence-electron chi connectivity index (χ4n) is 2.34. The van der Waals surface area contributed by atoms with Gasteiger partial charge < -0.3 is 5.32 Å². The Morgan fingerprint density at radius 1 is 1.57 bits per heavy atom. The van der Waals surface area contributed by atoms with Gasteiger partial charge in [0.2, 0.25) is 5.91 Å². The summed E-state index contributed by atoms with van der Waals surface area (Å²) < 4.78 is 0. The van der Waals surface area contributed by atoms with Crippen molar-refractivity contribution in [2.45, 2.75) is 38.1 Å². The summed E-state index contributed by atoms with van der Waals surface area (Å²) in [5, 5.41) is 3.02. The number of hydrogen-bond donors (Lipinski definition) is 1. The second-order valence-corrected chi connectivity index (χ2v) is 4.18. The van der Waals surface area contributed by atoms with E-state index in [9.17, 15) is 4.79 Å². The lowest BCUT2D eigenvalue weighted by molar-refractivity contribution is -0.121. The van der Waals surface area contributed by atoms with Crippen LogP contribution in [0.1, 0.15) is 32.1 Å². The summed E-state index contributed by atoms with van der Waals surface area (Å²) in [6, 6.07) is 0.372. The number of amides is 1. The van der Waals surface area contributed by atoms with Crippen LogP contribution < -0.4 is 5.32 Å². The van der Waals surface area contributed by atoms with Gasteiger partial charge in [0.25, 0.3) is 0 Å². The van der Waals surface area contributed by atoms with Crippen molar-refractivity contribution < 1.29 is 4.79 Å². The van der Waals surface area contributed by atoms with Crippen LogP contribution in [0, 0.1) is 5.92 Å². The monoisotopic (exact) mass is 191 g/mol. The topological polar surface area (TPSA) is 29.1 Å². The molecule has 1 saturated heterocycles. The van der Waals surface area contributed by atoms with Crippen LogP contribution in [0.15, 0.2) is 24.3 Å². The molecule has 0 unspecified atom stereocenters. The molecule has 1 heterocycles. The highest BCUT2D eigenvalue weighted by molar-refractivity contribution is 5.85. The first-order valence-electron chi connectivity index (χ1n) is 5.43. The molecule has 0 aromatic heterocycles. The van der Waals surface area contributed by atoms with Crippen molar-refractivity contribution in [3.05, 3.63) is 24.3 Å². The van der Waals surface area contributed by atoms with Gasteiger partial charge in [-0.3, -0.25) is 4.79 Å². The van der Waals surface area contributed by atoms with E-state index in [0.717, 1.165) is 19.3 Å². The molecule has 14 heavy (non-hydrogen) atoms. The first-order chi connectivity index (χ1) is 6.81. The van der Waals surface area contributed by atoms with Gasteiger partial charge in [-0.05, 0) is 32.1 Å². The second-order valence-electron chi connectivity index (χ2n) is 4.18. The number of allylic oxidation sites excluding steroid dienone is 1. The third kappa shape index (κ3) is 1.74. The number of unbranched alkanes of at least 4 members (excludes halogenated alkanes) is 2. The van der Waals surface area contributed by atoms with Crippen molar-refractivity contribution in [1.82, 2.24) is 5.32 Å². The molecule has 76 valence electrons. The van der Waals surface area contributed by atoms with E-state index in [2.05, 4.69) is 18.0 Å². The molecular formula is C12H17NO. The number of carbonyl (C=O) groups excluding carboxylic acids is 1. The maximum atomic E-state index is 11.2. The Morgan fingerprint density at radius 3 is 3.00 bits per heavy atom. The average Bonchev–Trinajstić information content (AvgIpc) is 2.71. The van der Waals surface area contributed by atoms with E-state index in [-0.39, 0.29) is 11.8 Å². The van der Waals surface area contributed by atoms with Crippen LogP contribution in [0.5, 0.6) is 0 Å². The Kier molecular flexibility index (Phi) is 2.71. The van der Waals surface area contributed by atoms with Crippen molar-refractivity contribution in [3.63, 3.8) is 0 Å². The van der Waals surface area contributed by atoms with E-state index in [0.29, 0.717) is 6.04 Å². The summed E-state index contributed by atoms with van der Waals surface area (Å²) in [5.41, 5.74) is 1.46. The van der Waals surface area contributed by atoms with Gasteiger partial charge >= 0.3 is 0 Å². The lowest BCUT2D eigenvalue weighted by atomic mass is 10.0. The normalized spacial score (nSPS) is 28.9. The summed E-state index contributed by atoms with van der Waals surface area (Å²) in [5.74, 6) is 0.416. The molecule has 2 heteroatoms. The fourth-order valence-corrected chi connectivity index (χ4v) is 2.34. The standard InChI is InChI=1S/C12H17NO/c1-2-3-4-5-6-9-7-10-8-11(9)13-12(10)14/h2,7,10-11H,1,3-6,8H2,(H,13,14)/t10-,11-/m0/s1. The zero-order valence-electron chi connectivity index (χ0n) is 8.46. The summed E-state index contributed by atoms with van der Waals surface area (Å²) >= 11 is 0. The van der Waals surface area contributed by atoms with Gasteiger partial charge in [0.1, 0.15) is 0 Å². The van der Waals surface area contributed by atoms with Crippen LogP contribution >= 0.6 is 0 Å². The smallest absolute Gasteiger partial charge is 0.227 e. The zero-order valence-corrected chi connectivity index (χ0v) is 8.46. The third-order valence-electron chi connectivity index (χ3n) is 3.13. The van der Waals surface area contributed by atoms with Crippen LogP contribution in [0.3, 0.4) is 0 Å². The van der Waals surface area contributed by atoms with Crippen LogP contribution in [0.25, 0.3) is 0 Å². The molecule has 0 radical (unpaired) electrons. The van der Waals surface area contributed by atoms with Crippen molar-refractivity contribution in [2.75, 3.05) is 0 Å². The Hall–Kier alpha value is -1.05. The summed E-state index contributed by atoms with van der Waals surface area (Å²) in [4.78, 5) is 11.2. The minimum absolute atomic E-state index is 0.189. The van der Waals surface area contributed by atoms with Gasteiger partial charge in [-0.25, -0.2) is 0 Å². The molecule has 2 bridgehead atoms. The second kappa shape index (κ2) is 3.99. The number of rotatable bonds is 5. The highest BCUT2D eigenvalue weighted by Crippen LogP contribution is 2.33. The maximum absolute atomic E-state index is 11.2. The first kappa shape index (κ1) is 9.50. The quantitative estimate of drug-likeness (QED) is 0.523. The molecule has 0 saturated carbocycles. The Balaban J connectivity index is 1.78. The van der Waals surface area contributed by atoms with E-state index in [4.69, 9.17) is 0 Å². The summed E-state index contributed by atoms with van der Waals surface area (Å²) in [7, 11) is 0. The summed E-state index contributed by atoms with van der Waals surface area (Å²) in [6.07, 6.45) is 9.84. The maximum Gasteiger partial charge on any atom is 0.227 e. The van der Waals surface area contributed by atoms with E-state index in [1.807, 2.05) is 6.08 Å². The molecule has 1 amide bonds. The third-order valence-corrected chi connectivity index (χ3v) is 3.13. The molecule has 2 nitrogen and oxygen atoms in total. The number of nitrogens with one attached hydrogen (secondary N) is 1. The van der Waals surface area contributed by atoms with Gasteiger partial charge in [0, 0.05) is 0 Å². The molecule has 1 N–H and O–H groups in total. The number of carbonyl (C=O) groups is 1. The van der Waals surface area contributed by atoms with Gasteiger partial charge in [-0.2, -0.15) is 0 Å². The fraction of sp³-hybridized carbons (Fsp3) is 0.583. The van der Waals surface area contributed by atoms with Crippen LogP contribution in [-0.2, 0) is 4.79 Å². The highest BCUT2D eigenvalue weighted by atomic mass is 16.2. The van der Waals surface area contributed by atoms with Crippen molar-refractivity contribution >= 4 is 5.91 Å². The summed E-state index contributed by atoms with van der Waals surface area (Å²) in [6.45, 7) is 3.71. The first-order valence-corrected chi connectivity index (χ1v) is 5.43. The van der Waals surface area contributed by atoms with Gasteiger partial charge in [-0.15, -0.1) is 6.58 Å². The predicted octanol–water partition coefficient (Wildman–Crippen LogP) is 2.18. The lowest BCUT2D eigenvalue weighted by Crippen LogP contribution is -2.30. The van der Waals surface area contributed by atoms with Crippen LogP contribution in [0.4, 0.5) is 0 Å². The molecule has 2 rings (SSSR count). The van der Waals surface area contributed by atoms with Crippen LogP contribution in [-0.4, -0.2) is 11.9 Å². The van der Waals surface area contributed by atoms with Crippen molar-refractivity contribution in [3.8, 4) is 0 Å². The number of fused-ring (bicyclic) bond motifs is 2. The van der Waals surface area contributed by atoms with Gasteiger partial charge in [0.05, 0.1) is 12.0 Å². The van der Waals surface area contributed by atoms with Crippen molar-refractivity contribution in [1.29, 1.82) is 0 Å². The molecular weight excluding hydrogens is 174 g/mol. The van der Waals surface area contributed by atoms with E-state index < -0.39 is 0 Å². The largest absolute Gasteiger partial charge is 0.349 e. The molecule has 0 aromatic carbocycles. The molecule has 2 atom stereocenters. The molecule has 1 aliphatic carbocycles. The zero-order chi connectivity index (χ0) is 9.97. The molecule has 0 spiro atoms. The SMILES string of the molecule is C=CCCCCC1=C[C@H]2C[C@@H]1NC2=O. The minimum atomic E-state index is 0.189. The molecule has 1 aliphatic heterocycles. The number of hydrogen-bond acceptors (Lipinski definition) is 1. The van der Waals surface area contributed by atoms with E-state index >= 15 is 0 Å².